The first kappa shape index (κ1) is 100.0. The van der Waals surface area contributed by atoms with Gasteiger partial charge in [-0.15, -0.1) is 0 Å². The molecule has 0 bridgehead atoms. The van der Waals surface area contributed by atoms with E-state index in [0.717, 1.165) is 89.9 Å². The minimum atomic E-state index is -0.701. The molecule has 0 aliphatic carbocycles. The summed E-state index contributed by atoms with van der Waals surface area (Å²) in [7, 11) is 0. The average molecular weight is 1270 g/mol. The molecule has 0 radical (unpaired) electrons. The topological polar surface area (TPSA) is 298 Å². The van der Waals surface area contributed by atoms with Crippen molar-refractivity contribution >= 4 is 47.8 Å². The van der Waals surface area contributed by atoms with Gasteiger partial charge in [-0.1, -0.05) is 212 Å². The Morgan fingerprint density at radius 2 is 0.670 bits per heavy atom. The van der Waals surface area contributed by atoms with Crippen LogP contribution in [0.2, 0.25) is 0 Å². The second-order valence-corrected chi connectivity index (χ2v) is 28.7. The van der Waals surface area contributed by atoms with Crippen molar-refractivity contribution in [3.63, 3.8) is 0 Å². The van der Waals surface area contributed by atoms with E-state index in [1.165, 1.54) is 0 Å². The molecule has 0 spiro atoms. The van der Waals surface area contributed by atoms with E-state index in [1.807, 2.05) is 201 Å². The molecular weight excluding hydrogens is 1120 g/mol. The van der Waals surface area contributed by atoms with Crippen molar-refractivity contribution in [2.24, 2.45) is 84.2 Å². The van der Waals surface area contributed by atoms with Gasteiger partial charge in [-0.3, -0.25) is 38.4 Å². The van der Waals surface area contributed by atoms with Crippen LogP contribution in [-0.2, 0) is 38.4 Å². The van der Waals surface area contributed by atoms with Gasteiger partial charge in [0.05, 0.1) is 43.3 Å². The van der Waals surface area contributed by atoms with Crippen LogP contribution in [-0.4, -0.2) is 88.6 Å². The average Bonchev–Trinajstić information content (AvgIpc) is 3.41. The minimum absolute atomic E-state index is 0.173. The van der Waals surface area contributed by atoms with Crippen LogP contribution in [0.3, 0.4) is 0 Å². The van der Waals surface area contributed by atoms with Crippen molar-refractivity contribution in [1.29, 1.82) is 0 Å². The van der Waals surface area contributed by atoms with Gasteiger partial charge in [0.15, 0.2) is 0 Å². The molecule has 0 rings (SSSR count). The summed E-state index contributed by atoms with van der Waals surface area (Å²) < 4.78 is 0. The molecule has 5 unspecified atom stereocenters. The summed E-state index contributed by atoms with van der Waals surface area (Å²) in [5.74, 6) is -3.86. The van der Waals surface area contributed by atoms with Crippen molar-refractivity contribution in [1.82, 2.24) is 0 Å². The predicted molar refractivity (Wildman–Crippen MR) is 364 cm³/mol. The van der Waals surface area contributed by atoms with E-state index in [2.05, 4.69) is 13.8 Å². The summed E-state index contributed by atoms with van der Waals surface area (Å²) in [5, 5.41) is 71.5. The maximum Gasteiger partial charge on any atom is 0.309 e. The van der Waals surface area contributed by atoms with Crippen molar-refractivity contribution in [3.8, 4) is 0 Å². The van der Waals surface area contributed by atoms with Crippen LogP contribution in [0.1, 0.15) is 331 Å². The van der Waals surface area contributed by atoms with Crippen LogP contribution in [0.5, 0.6) is 0 Å². The van der Waals surface area contributed by atoms with E-state index in [0.29, 0.717) is 25.2 Å². The SMILES string of the molecule is CC(C)C(C)(C(=O)O)C(C)C.CCC(C)(C(=O)O)C(C)(C)C.CCC(C)(CC(C)C)C(=O)O.CCC(C)C(C)(CC)C(=O)O.CCC(CC)(C(=O)O)C(C)C.CCCC(C)(C(=O)O)C(C)C.CCCC(C)(CCC)C(=O)O.CCCC(CC)(CC)C(=O)O. The first-order valence-corrected chi connectivity index (χ1v) is 33.5. The summed E-state index contributed by atoms with van der Waals surface area (Å²) in [4.78, 5) is 86.9. The molecule has 0 aromatic carbocycles. The second kappa shape index (κ2) is 46.8. The third-order valence-electron chi connectivity index (χ3n) is 20.8. The molecule has 5 atom stereocenters. The maximum atomic E-state index is 10.9. The summed E-state index contributed by atoms with van der Waals surface area (Å²) in [6.07, 6.45) is 13.6. The Morgan fingerprint density at radius 1 is 0.318 bits per heavy atom. The zero-order valence-corrected chi connectivity index (χ0v) is 62.8. The van der Waals surface area contributed by atoms with Gasteiger partial charge in [-0.25, -0.2) is 0 Å². The molecule has 0 aromatic heterocycles. The van der Waals surface area contributed by atoms with Crippen LogP contribution in [0.15, 0.2) is 0 Å². The molecule has 0 aromatic rings. The van der Waals surface area contributed by atoms with E-state index in [-0.39, 0.29) is 35.0 Å². The fourth-order valence-electron chi connectivity index (χ4n) is 10.3. The summed E-state index contributed by atoms with van der Waals surface area (Å²) >= 11 is 0. The Morgan fingerprint density at radius 3 is 0.739 bits per heavy atom. The molecule has 0 aliphatic rings. The van der Waals surface area contributed by atoms with Crippen LogP contribution >= 0.6 is 0 Å². The third-order valence-corrected chi connectivity index (χ3v) is 20.8. The van der Waals surface area contributed by atoms with Crippen molar-refractivity contribution in [2.45, 2.75) is 331 Å². The lowest BCUT2D eigenvalue weighted by molar-refractivity contribution is -0.155. The molecule has 528 valence electrons. The highest BCUT2D eigenvalue weighted by atomic mass is 16.4. The Labute approximate surface area is 539 Å². The van der Waals surface area contributed by atoms with Crippen LogP contribution in [0.4, 0.5) is 0 Å². The number of rotatable bonds is 31. The first-order chi connectivity index (χ1) is 39.6. The fraction of sp³-hybridized carbons (Fsp3) is 0.889. The highest BCUT2D eigenvalue weighted by molar-refractivity contribution is 5.77. The number of carboxylic acids is 8. The molecule has 0 fully saturated rings. The van der Waals surface area contributed by atoms with E-state index >= 15 is 0 Å². The van der Waals surface area contributed by atoms with Gasteiger partial charge in [0.1, 0.15) is 0 Å². The van der Waals surface area contributed by atoms with Crippen LogP contribution in [0, 0.1) is 84.2 Å². The molecule has 16 heteroatoms. The lowest BCUT2D eigenvalue weighted by Crippen LogP contribution is -2.39. The Bertz CT molecular complexity index is 1820. The van der Waals surface area contributed by atoms with E-state index < -0.39 is 91.1 Å². The molecule has 0 saturated carbocycles. The van der Waals surface area contributed by atoms with Crippen LogP contribution in [0.25, 0.3) is 0 Å². The lowest BCUT2D eigenvalue weighted by Gasteiger charge is -2.37. The molecule has 0 amide bonds. The van der Waals surface area contributed by atoms with E-state index in [9.17, 15) is 38.4 Å². The quantitative estimate of drug-likeness (QED) is 0.0320. The molecule has 8 N–H and O–H groups in total. The van der Waals surface area contributed by atoms with Gasteiger partial charge in [0.2, 0.25) is 0 Å². The van der Waals surface area contributed by atoms with Gasteiger partial charge in [-0.2, -0.15) is 0 Å². The van der Waals surface area contributed by atoms with Gasteiger partial charge in [0.25, 0.3) is 0 Å². The Hall–Kier alpha value is -4.24. The molecule has 0 heterocycles. The minimum Gasteiger partial charge on any atom is -0.481 e. The molecule has 0 aliphatic heterocycles. The largest absolute Gasteiger partial charge is 0.481 e. The number of hydrogen-bond donors (Lipinski definition) is 8. The maximum absolute atomic E-state index is 10.9. The van der Waals surface area contributed by atoms with E-state index in [4.69, 9.17) is 40.9 Å². The molecule has 0 saturated heterocycles. The smallest absolute Gasteiger partial charge is 0.309 e. The molecule has 88 heavy (non-hydrogen) atoms. The van der Waals surface area contributed by atoms with Crippen molar-refractivity contribution in [3.05, 3.63) is 0 Å². The monoisotopic (exact) mass is 1270 g/mol. The molecule has 16 nitrogen and oxygen atoms in total. The zero-order chi connectivity index (χ0) is 72.6. The van der Waals surface area contributed by atoms with Crippen molar-refractivity contribution < 1.29 is 79.2 Å². The number of carboxylic acid groups (broad SMARTS) is 8. The van der Waals surface area contributed by atoms with Gasteiger partial charge in [0, 0.05) is 0 Å². The first-order valence-electron chi connectivity index (χ1n) is 33.5. The zero-order valence-electron chi connectivity index (χ0n) is 62.8. The summed E-state index contributed by atoms with van der Waals surface area (Å²) in [6.45, 7) is 62.3. The second-order valence-electron chi connectivity index (χ2n) is 28.7. The predicted octanol–water partition coefficient (Wildman–Crippen LogP) is 20.4. The highest BCUT2D eigenvalue weighted by Gasteiger charge is 2.43. The van der Waals surface area contributed by atoms with Crippen LogP contribution < -0.4 is 0 Å². The Balaban J connectivity index is -0.000000139. The fourth-order valence-corrected chi connectivity index (χ4v) is 10.3. The number of carbonyl (C=O) groups is 8. The van der Waals surface area contributed by atoms with Gasteiger partial charge < -0.3 is 40.9 Å². The summed E-state index contributed by atoms with van der Waals surface area (Å²) in [6, 6.07) is 0. The third kappa shape index (κ3) is 33.2. The standard InChI is InChI=1S/8C9H18O2/c1-6-9(5,7(10)11)8(2,3)4;1-6(2)9(5,7(3)4)8(10)11;1-5-9(4,8(10)11)6-7(2)3;1-5-6-9(4,7(2)3)8(10)11;1-5-7(3)9(4,6-2)8(10)11;1-5-9(6-2,7(3)4)8(10)11;1-4-6-9(3,7-5-2)8(10)11;1-4-7-9(5-2,6-3)8(10)11/h6H2,1-5H3,(H,10,11);6-7H,1-5H3,(H,10,11);4*7H,5-6H2,1-4H3,(H,10,11);2*4-7H2,1-3H3,(H,10,11). The normalized spacial score (nSPS) is 14.6. The van der Waals surface area contributed by atoms with Gasteiger partial charge in [-0.05, 0) is 160 Å². The lowest BCUT2D eigenvalue weighted by atomic mass is 9.66. The van der Waals surface area contributed by atoms with Crippen molar-refractivity contribution in [2.75, 3.05) is 0 Å². The molecular formula is C72H144O16. The van der Waals surface area contributed by atoms with Gasteiger partial charge >= 0.3 is 47.8 Å². The number of hydrogen-bond acceptors (Lipinski definition) is 8. The summed E-state index contributed by atoms with van der Waals surface area (Å²) in [5.41, 5.74) is -4.38. The number of aliphatic carboxylic acids is 8. The van der Waals surface area contributed by atoms with E-state index in [1.54, 1.807) is 6.92 Å². The highest BCUT2D eigenvalue weighted by Crippen LogP contribution is 2.42. The Kier molecular flexibility index (Phi) is 53.1.